The van der Waals surface area contributed by atoms with Crippen LogP contribution < -0.4 is 4.90 Å². The van der Waals surface area contributed by atoms with Crippen molar-refractivity contribution in [2.24, 2.45) is 5.92 Å². The average molecular weight is 479 g/mol. The van der Waals surface area contributed by atoms with Gasteiger partial charge in [-0.25, -0.2) is 0 Å². The number of aromatic nitrogens is 1. The fraction of sp³-hybridized carbons (Fsp3) is 0.556. The van der Waals surface area contributed by atoms with Crippen molar-refractivity contribution in [2.75, 3.05) is 25.0 Å². The summed E-state index contributed by atoms with van der Waals surface area (Å²) < 4.78 is 4.93. The van der Waals surface area contributed by atoms with Crippen LogP contribution in [-0.2, 0) is 4.79 Å². The van der Waals surface area contributed by atoms with Gasteiger partial charge in [0.25, 0.3) is 11.8 Å². The minimum atomic E-state index is -0.157. The van der Waals surface area contributed by atoms with Crippen LogP contribution in [0.2, 0.25) is 0 Å². The number of piperidine rings is 1. The van der Waals surface area contributed by atoms with E-state index >= 15 is 0 Å². The zero-order valence-corrected chi connectivity index (χ0v) is 20.6. The van der Waals surface area contributed by atoms with Crippen LogP contribution in [0.4, 0.5) is 5.69 Å². The summed E-state index contributed by atoms with van der Waals surface area (Å²) >= 11 is 0. The maximum Gasteiger partial charge on any atom is 0.263 e. The molecule has 2 aromatic rings. The Balaban J connectivity index is 1.28. The molecule has 35 heavy (non-hydrogen) atoms. The zero-order chi connectivity index (χ0) is 24.5. The number of amides is 3. The van der Waals surface area contributed by atoms with Crippen molar-refractivity contribution in [1.29, 1.82) is 0 Å². The molecule has 8 nitrogen and oxygen atoms in total. The van der Waals surface area contributed by atoms with Crippen LogP contribution in [0, 0.1) is 5.92 Å². The first kappa shape index (κ1) is 23.6. The Labute approximate surface area is 206 Å². The average Bonchev–Trinajstić information content (AvgIpc) is 3.41. The van der Waals surface area contributed by atoms with Crippen LogP contribution in [0.25, 0.3) is 0 Å². The quantitative estimate of drug-likeness (QED) is 0.467. The number of hydrogen-bond acceptors (Lipinski definition) is 6. The van der Waals surface area contributed by atoms with E-state index < -0.39 is 0 Å². The van der Waals surface area contributed by atoms with Gasteiger partial charge in [0.1, 0.15) is 12.0 Å². The van der Waals surface area contributed by atoms with Gasteiger partial charge in [0.05, 0.1) is 22.9 Å². The number of rotatable bonds is 5. The minimum Gasteiger partial charge on any atom is -0.371 e. The third-order valence-electron chi connectivity index (χ3n) is 8.11. The van der Waals surface area contributed by atoms with Gasteiger partial charge in [-0.3, -0.25) is 19.3 Å². The molecule has 1 aromatic carbocycles. The van der Waals surface area contributed by atoms with Crippen LogP contribution >= 0.6 is 0 Å². The summed E-state index contributed by atoms with van der Waals surface area (Å²) in [6.45, 7) is 3.29. The van der Waals surface area contributed by atoms with E-state index in [1.165, 1.54) is 24.0 Å². The molecule has 0 radical (unpaired) electrons. The van der Waals surface area contributed by atoms with Gasteiger partial charge in [0.2, 0.25) is 5.91 Å². The van der Waals surface area contributed by atoms with Gasteiger partial charge in [-0.15, -0.1) is 0 Å². The second kappa shape index (κ2) is 9.84. The Morgan fingerprint density at radius 2 is 1.74 bits per heavy atom. The van der Waals surface area contributed by atoms with E-state index in [2.05, 4.69) is 10.1 Å². The van der Waals surface area contributed by atoms with E-state index in [0.29, 0.717) is 37.1 Å². The van der Waals surface area contributed by atoms with Gasteiger partial charge >= 0.3 is 0 Å². The molecule has 186 valence electrons. The highest BCUT2D eigenvalue weighted by Crippen LogP contribution is 2.37. The van der Waals surface area contributed by atoms with Crippen molar-refractivity contribution in [3.63, 3.8) is 0 Å². The third kappa shape index (κ3) is 4.34. The molecule has 1 saturated carbocycles. The number of carbonyl (C=O) groups is 3. The maximum atomic E-state index is 13.5. The minimum absolute atomic E-state index is 0.00310. The highest BCUT2D eigenvalue weighted by Gasteiger charge is 2.42. The zero-order valence-electron chi connectivity index (χ0n) is 20.6. The molecular formula is C27H34N4O4. The Bertz CT molecular complexity index is 1080. The maximum absolute atomic E-state index is 13.5. The molecule has 2 fully saturated rings. The molecular weight excluding hydrogens is 444 g/mol. The third-order valence-corrected chi connectivity index (χ3v) is 8.11. The molecule has 1 atom stereocenters. The van der Waals surface area contributed by atoms with Crippen molar-refractivity contribution in [3.05, 3.63) is 47.3 Å². The molecule has 0 N–H and O–H groups in total. The highest BCUT2D eigenvalue weighted by molar-refractivity contribution is 6.24. The number of carbonyl (C=O) groups excluding carboxylic acids is 3. The molecule has 3 aliphatic rings. The SMILES string of the molecule is CC(c1ccon1)N(C)C(=O)C1CCN(c2cccc3c2C(=O)N(C2CCCCCC2)C3=O)CC1. The van der Waals surface area contributed by atoms with Crippen LogP contribution in [-0.4, -0.2) is 58.9 Å². The lowest BCUT2D eigenvalue weighted by Crippen LogP contribution is -2.42. The molecule has 8 heteroatoms. The van der Waals surface area contributed by atoms with Crippen molar-refractivity contribution in [1.82, 2.24) is 15.0 Å². The molecule has 3 heterocycles. The summed E-state index contributed by atoms with van der Waals surface area (Å²) in [5, 5.41) is 3.97. The monoisotopic (exact) mass is 478 g/mol. The lowest BCUT2D eigenvalue weighted by Gasteiger charge is -2.36. The van der Waals surface area contributed by atoms with Crippen LogP contribution in [0.3, 0.4) is 0 Å². The van der Waals surface area contributed by atoms with Gasteiger partial charge in [-0.2, -0.15) is 0 Å². The lowest BCUT2D eigenvalue weighted by atomic mass is 9.93. The van der Waals surface area contributed by atoms with E-state index in [1.807, 2.05) is 26.1 Å². The van der Waals surface area contributed by atoms with Crippen molar-refractivity contribution in [2.45, 2.75) is 70.4 Å². The van der Waals surface area contributed by atoms with Gasteiger partial charge < -0.3 is 14.3 Å². The van der Waals surface area contributed by atoms with Gasteiger partial charge in [-0.1, -0.05) is 36.9 Å². The van der Waals surface area contributed by atoms with Crippen molar-refractivity contribution in [3.8, 4) is 0 Å². The Hall–Kier alpha value is -3.16. The molecule has 1 aliphatic carbocycles. The predicted octanol–water partition coefficient (Wildman–Crippen LogP) is 4.43. The molecule has 1 saturated heterocycles. The molecule has 1 aromatic heterocycles. The Kier molecular flexibility index (Phi) is 6.62. The number of benzene rings is 1. The van der Waals surface area contributed by atoms with E-state index in [4.69, 9.17) is 4.52 Å². The number of imide groups is 1. The van der Waals surface area contributed by atoms with Crippen molar-refractivity contribution < 1.29 is 18.9 Å². The largest absolute Gasteiger partial charge is 0.371 e. The van der Waals surface area contributed by atoms with Crippen LogP contribution in [0.15, 0.2) is 35.1 Å². The van der Waals surface area contributed by atoms with Gasteiger partial charge in [0, 0.05) is 38.2 Å². The number of nitrogens with zero attached hydrogens (tertiary/aromatic N) is 4. The summed E-state index contributed by atoms with van der Waals surface area (Å²) in [5.74, 6) is -0.273. The molecule has 2 aliphatic heterocycles. The molecule has 1 unspecified atom stereocenters. The number of anilines is 1. The standard InChI is InChI=1S/C27H34N4O4/c1-18(22-14-17-35-28-22)29(2)25(32)19-12-15-30(16-13-19)23-11-7-10-21-24(23)27(34)31(26(21)33)20-8-5-3-4-6-9-20/h7,10-11,14,17-20H,3-6,8-9,12-13,15-16H2,1-2H3. The number of hydrogen-bond donors (Lipinski definition) is 0. The molecule has 0 spiro atoms. The lowest BCUT2D eigenvalue weighted by molar-refractivity contribution is -0.136. The highest BCUT2D eigenvalue weighted by atomic mass is 16.5. The molecule has 3 amide bonds. The van der Waals surface area contributed by atoms with E-state index in [0.717, 1.165) is 37.1 Å². The topological polar surface area (TPSA) is 87.0 Å². The van der Waals surface area contributed by atoms with E-state index in [-0.39, 0.29) is 35.7 Å². The normalized spacial score (nSPS) is 20.6. The predicted molar refractivity (Wildman–Crippen MR) is 131 cm³/mol. The Morgan fingerprint density at radius 1 is 1.03 bits per heavy atom. The second-order valence-corrected chi connectivity index (χ2v) is 10.1. The van der Waals surface area contributed by atoms with Crippen LogP contribution in [0.5, 0.6) is 0 Å². The van der Waals surface area contributed by atoms with Gasteiger partial charge in [-0.05, 0) is 44.7 Å². The fourth-order valence-corrected chi connectivity index (χ4v) is 5.88. The summed E-state index contributed by atoms with van der Waals surface area (Å²) in [4.78, 5) is 45.4. The first-order chi connectivity index (χ1) is 17.0. The number of fused-ring (bicyclic) bond motifs is 1. The van der Waals surface area contributed by atoms with E-state index in [9.17, 15) is 14.4 Å². The molecule has 0 bridgehead atoms. The van der Waals surface area contributed by atoms with E-state index in [1.54, 1.807) is 17.0 Å². The van der Waals surface area contributed by atoms with Gasteiger partial charge in [0.15, 0.2) is 0 Å². The first-order valence-corrected chi connectivity index (χ1v) is 12.9. The smallest absolute Gasteiger partial charge is 0.263 e. The summed E-state index contributed by atoms with van der Waals surface area (Å²) in [5.41, 5.74) is 2.63. The Morgan fingerprint density at radius 3 is 2.40 bits per heavy atom. The van der Waals surface area contributed by atoms with Crippen LogP contribution in [0.1, 0.15) is 90.7 Å². The second-order valence-electron chi connectivity index (χ2n) is 10.1. The summed E-state index contributed by atoms with van der Waals surface area (Å²) in [7, 11) is 1.81. The first-order valence-electron chi connectivity index (χ1n) is 12.9. The molecule has 5 rings (SSSR count). The van der Waals surface area contributed by atoms with Crippen molar-refractivity contribution >= 4 is 23.4 Å². The summed E-state index contributed by atoms with van der Waals surface area (Å²) in [6, 6.07) is 7.23. The summed E-state index contributed by atoms with van der Waals surface area (Å²) in [6.07, 6.45) is 9.19. The fourth-order valence-electron chi connectivity index (χ4n) is 5.88.